The van der Waals surface area contributed by atoms with E-state index in [2.05, 4.69) is 16.0 Å². The molecule has 0 spiro atoms. The predicted octanol–water partition coefficient (Wildman–Crippen LogP) is -1.31. The van der Waals surface area contributed by atoms with E-state index in [0.29, 0.717) is 6.42 Å². The number of carboxylic acids is 2. The smallest absolute Gasteiger partial charge is 0.326 e. The summed E-state index contributed by atoms with van der Waals surface area (Å²) in [5.74, 6) is -6.06. The van der Waals surface area contributed by atoms with E-state index in [1.165, 1.54) is 0 Å². The summed E-state index contributed by atoms with van der Waals surface area (Å²) in [6, 6.07) is -5.18. The van der Waals surface area contributed by atoms with Crippen LogP contribution in [0.25, 0.3) is 0 Å². The summed E-state index contributed by atoms with van der Waals surface area (Å²) in [6.07, 6.45) is -0.954. The second-order valence-corrected chi connectivity index (χ2v) is 8.99. The SMILES string of the molecule is CC(C)CC(N)C(=O)NC(CC(=O)O)C(=O)NC(CCC(N)=O)C(=O)NC(CC(C)C)C(=O)O. The molecule has 13 heteroatoms. The van der Waals surface area contributed by atoms with E-state index in [-0.39, 0.29) is 31.1 Å². The monoisotopic (exact) mass is 487 g/mol. The maximum atomic E-state index is 12.8. The van der Waals surface area contributed by atoms with Crippen molar-refractivity contribution in [3.63, 3.8) is 0 Å². The summed E-state index contributed by atoms with van der Waals surface area (Å²) < 4.78 is 0. The van der Waals surface area contributed by atoms with Gasteiger partial charge in [0.25, 0.3) is 0 Å². The first-order chi connectivity index (χ1) is 15.6. The molecular formula is C21H37N5O8. The Labute approximate surface area is 198 Å². The van der Waals surface area contributed by atoms with Gasteiger partial charge in [0.05, 0.1) is 12.5 Å². The molecule has 0 fully saturated rings. The number of carbonyl (C=O) groups excluding carboxylic acids is 4. The third-order valence-electron chi connectivity index (χ3n) is 4.71. The Balaban J connectivity index is 5.59. The highest BCUT2D eigenvalue weighted by Crippen LogP contribution is 2.08. The molecule has 4 amide bonds. The molecule has 0 aromatic rings. The van der Waals surface area contributed by atoms with E-state index in [1.54, 1.807) is 13.8 Å². The van der Waals surface area contributed by atoms with Gasteiger partial charge in [-0.2, -0.15) is 0 Å². The van der Waals surface area contributed by atoms with E-state index in [1.807, 2.05) is 13.8 Å². The number of hydrogen-bond donors (Lipinski definition) is 7. The molecule has 194 valence electrons. The Hall–Kier alpha value is -3.22. The van der Waals surface area contributed by atoms with Crippen LogP contribution in [0.5, 0.6) is 0 Å². The molecule has 13 nitrogen and oxygen atoms in total. The Morgan fingerprint density at radius 3 is 1.65 bits per heavy atom. The van der Waals surface area contributed by atoms with Crippen molar-refractivity contribution in [2.45, 2.75) is 84.0 Å². The number of nitrogens with two attached hydrogens (primary N) is 2. The number of carboxylic acid groups (broad SMARTS) is 2. The van der Waals surface area contributed by atoms with Crippen LogP contribution in [0, 0.1) is 11.8 Å². The molecule has 9 N–H and O–H groups in total. The molecule has 4 unspecified atom stereocenters. The Morgan fingerprint density at radius 2 is 1.21 bits per heavy atom. The first-order valence-electron chi connectivity index (χ1n) is 11.0. The van der Waals surface area contributed by atoms with Crippen LogP contribution in [0.3, 0.4) is 0 Å². The number of aliphatic carboxylic acids is 2. The highest BCUT2D eigenvalue weighted by atomic mass is 16.4. The number of rotatable bonds is 16. The third kappa shape index (κ3) is 12.7. The molecule has 0 radical (unpaired) electrons. The molecule has 0 aromatic heterocycles. The van der Waals surface area contributed by atoms with E-state index in [9.17, 15) is 33.9 Å². The summed E-state index contributed by atoms with van der Waals surface area (Å²) in [7, 11) is 0. The van der Waals surface area contributed by atoms with Crippen molar-refractivity contribution in [1.82, 2.24) is 16.0 Å². The number of primary amides is 1. The van der Waals surface area contributed by atoms with Crippen molar-refractivity contribution in [2.75, 3.05) is 0 Å². The lowest BCUT2D eigenvalue weighted by molar-refractivity contribution is -0.143. The van der Waals surface area contributed by atoms with E-state index in [4.69, 9.17) is 16.6 Å². The van der Waals surface area contributed by atoms with Crippen molar-refractivity contribution in [1.29, 1.82) is 0 Å². The molecule has 0 aromatic carbocycles. The van der Waals surface area contributed by atoms with Crippen molar-refractivity contribution in [3.05, 3.63) is 0 Å². The number of carbonyl (C=O) groups is 6. The molecule has 0 saturated heterocycles. The van der Waals surface area contributed by atoms with Crippen molar-refractivity contribution in [3.8, 4) is 0 Å². The number of nitrogens with one attached hydrogen (secondary N) is 3. The van der Waals surface area contributed by atoms with E-state index in [0.717, 1.165) is 0 Å². The minimum absolute atomic E-state index is 0.0646. The summed E-state index contributed by atoms with van der Waals surface area (Å²) in [5.41, 5.74) is 10.9. The maximum absolute atomic E-state index is 12.8. The highest BCUT2D eigenvalue weighted by Gasteiger charge is 2.31. The predicted molar refractivity (Wildman–Crippen MR) is 121 cm³/mol. The van der Waals surface area contributed by atoms with Crippen LogP contribution in [0.4, 0.5) is 0 Å². The van der Waals surface area contributed by atoms with Crippen LogP contribution in [-0.4, -0.2) is 69.9 Å². The maximum Gasteiger partial charge on any atom is 0.326 e. The van der Waals surface area contributed by atoms with Crippen molar-refractivity contribution < 1.29 is 39.0 Å². The molecular weight excluding hydrogens is 450 g/mol. The molecule has 0 heterocycles. The lowest BCUT2D eigenvalue weighted by Gasteiger charge is -2.25. The fourth-order valence-electron chi connectivity index (χ4n) is 3.07. The van der Waals surface area contributed by atoms with Gasteiger partial charge in [-0.1, -0.05) is 27.7 Å². The molecule has 0 rings (SSSR count). The van der Waals surface area contributed by atoms with Crippen molar-refractivity contribution >= 4 is 35.6 Å². The van der Waals surface area contributed by atoms with Gasteiger partial charge >= 0.3 is 11.9 Å². The quantitative estimate of drug-likeness (QED) is 0.137. The molecule has 0 saturated carbocycles. The van der Waals surface area contributed by atoms with Gasteiger partial charge in [-0.15, -0.1) is 0 Å². The highest BCUT2D eigenvalue weighted by molar-refractivity contribution is 5.95. The zero-order chi connectivity index (χ0) is 26.6. The van der Waals surface area contributed by atoms with Gasteiger partial charge in [0.15, 0.2) is 0 Å². The van der Waals surface area contributed by atoms with Crippen LogP contribution >= 0.6 is 0 Å². The zero-order valence-electron chi connectivity index (χ0n) is 20.0. The number of amides is 4. The van der Waals surface area contributed by atoms with Crippen LogP contribution < -0.4 is 27.4 Å². The van der Waals surface area contributed by atoms with Gasteiger partial charge in [0, 0.05) is 6.42 Å². The van der Waals surface area contributed by atoms with Crippen molar-refractivity contribution in [2.24, 2.45) is 23.3 Å². The summed E-state index contributed by atoms with van der Waals surface area (Å²) >= 11 is 0. The summed E-state index contributed by atoms with van der Waals surface area (Å²) in [5, 5.41) is 25.4. The normalized spacial score (nSPS) is 14.6. The minimum atomic E-state index is -1.56. The summed E-state index contributed by atoms with van der Waals surface area (Å²) in [6.45, 7) is 7.19. The summed E-state index contributed by atoms with van der Waals surface area (Å²) in [4.78, 5) is 71.7. The van der Waals surface area contributed by atoms with Crippen LogP contribution in [0.2, 0.25) is 0 Å². The zero-order valence-corrected chi connectivity index (χ0v) is 20.0. The van der Waals surface area contributed by atoms with Crippen LogP contribution in [-0.2, 0) is 28.8 Å². The van der Waals surface area contributed by atoms with Gasteiger partial charge in [-0.05, 0) is 31.1 Å². The standard InChI is InChI=1S/C21H37N5O8/c1-10(2)7-12(22)18(30)25-14(9-17(28)29)20(32)24-13(5-6-16(23)27)19(31)26-15(21(33)34)8-11(3)4/h10-15H,5-9,22H2,1-4H3,(H2,23,27)(H,24,32)(H,25,30)(H,26,31)(H,28,29)(H,33,34). The Bertz CT molecular complexity index is 755. The van der Waals surface area contributed by atoms with Gasteiger partial charge < -0.3 is 37.6 Å². The molecule has 4 atom stereocenters. The van der Waals surface area contributed by atoms with Crippen LogP contribution in [0.1, 0.15) is 59.8 Å². The van der Waals surface area contributed by atoms with E-state index < -0.39 is 66.2 Å². The number of hydrogen-bond acceptors (Lipinski definition) is 7. The first kappa shape index (κ1) is 30.8. The second kappa shape index (κ2) is 14.8. The molecule has 0 bridgehead atoms. The third-order valence-corrected chi connectivity index (χ3v) is 4.71. The Kier molecular flexibility index (Phi) is 13.4. The average Bonchev–Trinajstić information content (AvgIpc) is 2.68. The fraction of sp³-hybridized carbons (Fsp3) is 0.714. The largest absolute Gasteiger partial charge is 0.481 e. The first-order valence-corrected chi connectivity index (χ1v) is 11.0. The average molecular weight is 488 g/mol. The minimum Gasteiger partial charge on any atom is -0.481 e. The topological polar surface area (TPSA) is 231 Å². The molecule has 34 heavy (non-hydrogen) atoms. The van der Waals surface area contributed by atoms with Gasteiger partial charge in [-0.3, -0.25) is 24.0 Å². The molecule has 0 aliphatic heterocycles. The van der Waals surface area contributed by atoms with Gasteiger partial charge in [0.1, 0.15) is 18.1 Å². The fourth-order valence-corrected chi connectivity index (χ4v) is 3.07. The lowest BCUT2D eigenvalue weighted by atomic mass is 10.0. The Morgan fingerprint density at radius 1 is 0.735 bits per heavy atom. The van der Waals surface area contributed by atoms with Gasteiger partial charge in [-0.25, -0.2) is 4.79 Å². The van der Waals surface area contributed by atoms with Gasteiger partial charge in [0.2, 0.25) is 23.6 Å². The van der Waals surface area contributed by atoms with E-state index >= 15 is 0 Å². The second-order valence-electron chi connectivity index (χ2n) is 8.99. The molecule has 0 aliphatic rings. The molecule has 0 aliphatic carbocycles. The van der Waals surface area contributed by atoms with Crippen LogP contribution in [0.15, 0.2) is 0 Å². The lowest BCUT2D eigenvalue weighted by Crippen LogP contribution is -2.57.